The minimum Gasteiger partial charge on any atom is -0.323 e. The van der Waals surface area contributed by atoms with E-state index in [0.29, 0.717) is 75.4 Å². The number of para-hydroxylation sites is 1. The van der Waals surface area contributed by atoms with Gasteiger partial charge in [-0.2, -0.15) is 4.31 Å². The van der Waals surface area contributed by atoms with Crippen LogP contribution in [0.15, 0.2) is 64.3 Å². The number of nitrogens with one attached hydrogen (secondary N) is 3. The zero-order chi connectivity index (χ0) is 27.3. The fourth-order valence-corrected chi connectivity index (χ4v) is 6.72. The maximum atomic E-state index is 13.4. The van der Waals surface area contributed by atoms with Gasteiger partial charge in [-0.1, -0.05) is 41.4 Å². The normalized spacial score (nSPS) is 14.7. The predicted molar refractivity (Wildman–Crippen MR) is 153 cm³/mol. The third-order valence-corrected chi connectivity index (χ3v) is 9.25. The highest BCUT2D eigenvalue weighted by molar-refractivity contribution is 7.89. The molecule has 0 unspecified atom stereocenters. The minimum atomic E-state index is -3.67. The number of nitrogens with zero attached hydrogens (tertiary/aromatic N) is 4. The van der Waals surface area contributed by atoms with Gasteiger partial charge in [0.15, 0.2) is 0 Å². The van der Waals surface area contributed by atoms with Crippen molar-refractivity contribution in [2.75, 3.05) is 31.5 Å². The van der Waals surface area contributed by atoms with Gasteiger partial charge in [-0.15, -0.1) is 0 Å². The Morgan fingerprint density at radius 2 is 1.64 bits per heavy atom. The summed E-state index contributed by atoms with van der Waals surface area (Å²) in [6.45, 7) is 2.00. The molecule has 0 amide bonds. The van der Waals surface area contributed by atoms with Crippen LogP contribution in [0.2, 0.25) is 10.0 Å². The van der Waals surface area contributed by atoms with Crippen LogP contribution in [0, 0.1) is 0 Å². The van der Waals surface area contributed by atoms with Gasteiger partial charge in [0, 0.05) is 38.8 Å². The Bertz CT molecular complexity index is 1890. The Morgan fingerprint density at radius 3 is 2.38 bits per heavy atom. The molecule has 0 aliphatic carbocycles. The van der Waals surface area contributed by atoms with Crippen molar-refractivity contribution in [1.29, 1.82) is 0 Å². The second-order valence-electron chi connectivity index (χ2n) is 9.14. The molecule has 200 valence electrons. The Kier molecular flexibility index (Phi) is 6.56. The monoisotopic (exact) mass is 583 g/mol. The van der Waals surface area contributed by atoms with Gasteiger partial charge < -0.3 is 20.2 Å². The molecule has 13 heteroatoms. The number of hydrogen-bond acceptors (Lipinski definition) is 7. The molecule has 39 heavy (non-hydrogen) atoms. The summed E-state index contributed by atoms with van der Waals surface area (Å²) in [6.07, 6.45) is 0. The first-order valence-electron chi connectivity index (χ1n) is 12.2. The van der Waals surface area contributed by atoms with Gasteiger partial charge >= 0.3 is 0 Å². The second-order valence-corrected chi connectivity index (χ2v) is 11.9. The number of hydrogen-bond donors (Lipinski definition) is 3. The standard InChI is InChI=1S/C26H23Cl2N7O3S/c1-34-23-20(31-26(34)32-22-17(27)6-3-7-18(22)28)9-8-19-21(23)25(36)33-24(30-19)15-4-2-5-16(14-15)39(37,38)35-12-10-29-11-13-35/h2-9,14,29H,10-13H2,1H3,(H,31,32)(H,30,33,36). The summed E-state index contributed by atoms with van der Waals surface area (Å²) < 4.78 is 29.6. The van der Waals surface area contributed by atoms with Gasteiger partial charge in [0.2, 0.25) is 16.0 Å². The van der Waals surface area contributed by atoms with E-state index in [4.69, 9.17) is 23.2 Å². The Hall–Kier alpha value is -3.48. The van der Waals surface area contributed by atoms with Crippen LogP contribution in [0.3, 0.4) is 0 Å². The molecule has 0 atom stereocenters. The van der Waals surface area contributed by atoms with Crippen molar-refractivity contribution in [3.05, 3.63) is 75.0 Å². The first kappa shape index (κ1) is 25.8. The average Bonchev–Trinajstić information content (AvgIpc) is 3.26. The summed E-state index contributed by atoms with van der Waals surface area (Å²) in [7, 11) is -1.90. The first-order chi connectivity index (χ1) is 18.7. The molecule has 3 heterocycles. The lowest BCUT2D eigenvalue weighted by Gasteiger charge is -2.26. The number of halogens is 2. The number of anilines is 2. The fraction of sp³-hybridized carbons (Fsp3) is 0.192. The van der Waals surface area contributed by atoms with Crippen LogP contribution in [0.25, 0.3) is 33.3 Å². The van der Waals surface area contributed by atoms with Crippen molar-refractivity contribution in [2.45, 2.75) is 4.90 Å². The van der Waals surface area contributed by atoms with E-state index in [0.717, 1.165) is 0 Å². The van der Waals surface area contributed by atoms with Crippen LogP contribution in [-0.4, -0.2) is 58.4 Å². The van der Waals surface area contributed by atoms with E-state index in [-0.39, 0.29) is 16.3 Å². The topological polar surface area (TPSA) is 125 Å². The molecule has 5 aromatic rings. The van der Waals surface area contributed by atoms with Crippen molar-refractivity contribution < 1.29 is 8.42 Å². The molecule has 1 aliphatic heterocycles. The van der Waals surface area contributed by atoms with Crippen molar-refractivity contribution in [2.24, 2.45) is 7.05 Å². The van der Waals surface area contributed by atoms with E-state index in [1.54, 1.807) is 66.2 Å². The van der Waals surface area contributed by atoms with E-state index in [1.165, 1.54) is 4.31 Å². The number of aryl methyl sites for hydroxylation is 1. The molecule has 0 bridgehead atoms. The molecule has 3 aromatic carbocycles. The van der Waals surface area contributed by atoms with Gasteiger partial charge in [-0.3, -0.25) is 4.79 Å². The second kappa shape index (κ2) is 9.92. The number of benzene rings is 3. The zero-order valence-electron chi connectivity index (χ0n) is 20.7. The Labute approximate surface area is 233 Å². The molecule has 0 radical (unpaired) electrons. The maximum absolute atomic E-state index is 13.4. The van der Waals surface area contributed by atoms with Crippen LogP contribution in [-0.2, 0) is 17.1 Å². The molecule has 3 N–H and O–H groups in total. The maximum Gasteiger partial charge on any atom is 0.261 e. The van der Waals surface area contributed by atoms with Crippen molar-refractivity contribution in [3.63, 3.8) is 0 Å². The molecule has 1 aliphatic rings. The molecule has 0 saturated carbocycles. The highest BCUT2D eigenvalue weighted by atomic mass is 35.5. The molecule has 6 rings (SSSR count). The lowest BCUT2D eigenvalue weighted by molar-refractivity contribution is 0.360. The smallest absolute Gasteiger partial charge is 0.261 e. The van der Waals surface area contributed by atoms with E-state index in [2.05, 4.69) is 25.6 Å². The van der Waals surface area contributed by atoms with Crippen LogP contribution < -0.4 is 16.2 Å². The fourth-order valence-electron chi connectivity index (χ4n) is 4.74. The number of aromatic amines is 1. The number of fused-ring (bicyclic) bond motifs is 3. The van der Waals surface area contributed by atoms with Gasteiger partial charge in [0.25, 0.3) is 5.56 Å². The number of sulfonamides is 1. The number of imidazole rings is 1. The Morgan fingerprint density at radius 1 is 0.949 bits per heavy atom. The van der Waals surface area contributed by atoms with Gasteiger partial charge in [0.1, 0.15) is 5.82 Å². The quantitative estimate of drug-likeness (QED) is 0.284. The number of rotatable bonds is 5. The molecular weight excluding hydrogens is 561 g/mol. The summed E-state index contributed by atoms with van der Waals surface area (Å²) in [6, 6.07) is 15.1. The summed E-state index contributed by atoms with van der Waals surface area (Å²) in [5.74, 6) is 0.717. The van der Waals surface area contributed by atoms with E-state index < -0.39 is 10.0 Å². The number of aromatic nitrogens is 4. The van der Waals surface area contributed by atoms with Crippen LogP contribution in [0.5, 0.6) is 0 Å². The minimum absolute atomic E-state index is 0.153. The van der Waals surface area contributed by atoms with E-state index in [9.17, 15) is 13.2 Å². The largest absolute Gasteiger partial charge is 0.323 e. The molecule has 1 saturated heterocycles. The van der Waals surface area contributed by atoms with E-state index in [1.807, 2.05) is 0 Å². The third-order valence-electron chi connectivity index (χ3n) is 6.73. The van der Waals surface area contributed by atoms with Crippen molar-refractivity contribution in [1.82, 2.24) is 29.1 Å². The summed E-state index contributed by atoms with van der Waals surface area (Å²) in [5.41, 5.74) is 2.23. The van der Waals surface area contributed by atoms with E-state index >= 15 is 0 Å². The molecule has 1 fully saturated rings. The van der Waals surface area contributed by atoms with Crippen molar-refractivity contribution >= 4 is 66.8 Å². The number of piperazine rings is 1. The molecule has 0 spiro atoms. The number of H-pyrrole nitrogens is 1. The summed E-state index contributed by atoms with van der Waals surface area (Å²) in [4.78, 5) is 25.7. The van der Waals surface area contributed by atoms with Gasteiger partial charge in [0.05, 0.1) is 42.6 Å². The Balaban J connectivity index is 1.42. The van der Waals surface area contributed by atoms with Crippen LogP contribution in [0.4, 0.5) is 11.6 Å². The summed E-state index contributed by atoms with van der Waals surface area (Å²) in [5, 5.41) is 7.54. The SMILES string of the molecule is Cn1c(Nc2c(Cl)cccc2Cl)nc2ccc3nc(-c4cccc(S(=O)(=O)N5CCNCC5)c4)[nH]c(=O)c3c21. The first-order valence-corrected chi connectivity index (χ1v) is 14.4. The van der Waals surface area contributed by atoms with Gasteiger partial charge in [-0.25, -0.2) is 18.4 Å². The highest BCUT2D eigenvalue weighted by Crippen LogP contribution is 2.34. The lowest BCUT2D eigenvalue weighted by Crippen LogP contribution is -2.46. The molecular formula is C26H23Cl2N7O3S. The van der Waals surface area contributed by atoms with Crippen LogP contribution >= 0.6 is 23.2 Å². The highest BCUT2D eigenvalue weighted by Gasteiger charge is 2.26. The van der Waals surface area contributed by atoms with Crippen LogP contribution in [0.1, 0.15) is 0 Å². The average molecular weight is 584 g/mol. The molecule has 2 aromatic heterocycles. The van der Waals surface area contributed by atoms with Crippen molar-refractivity contribution in [3.8, 4) is 11.4 Å². The zero-order valence-corrected chi connectivity index (χ0v) is 23.0. The molecule has 10 nitrogen and oxygen atoms in total. The predicted octanol–water partition coefficient (Wildman–Crippen LogP) is 4.12. The lowest BCUT2D eigenvalue weighted by atomic mass is 10.1. The summed E-state index contributed by atoms with van der Waals surface area (Å²) >= 11 is 12.6. The van der Waals surface area contributed by atoms with Gasteiger partial charge in [-0.05, 0) is 36.4 Å². The third kappa shape index (κ3) is 4.56.